The van der Waals surface area contributed by atoms with Gasteiger partial charge in [0.05, 0.1) is 0 Å². The van der Waals surface area contributed by atoms with Crippen LogP contribution in [0.1, 0.15) is 22.3 Å². The van der Waals surface area contributed by atoms with Crippen LogP contribution in [-0.2, 0) is 11.1 Å². The summed E-state index contributed by atoms with van der Waals surface area (Å²) in [6.45, 7) is 3.67. The number of benzene rings is 3. The second-order valence-electron chi connectivity index (χ2n) is 9.21. The zero-order valence-electron chi connectivity index (χ0n) is 20.9. The molecule has 2 atom stereocenters. The second kappa shape index (κ2) is 11.6. The summed E-state index contributed by atoms with van der Waals surface area (Å²) < 4.78 is 140. The maximum absolute atomic E-state index is 14.3. The Bertz CT molecular complexity index is 1300. The molecule has 0 heterocycles. The Hall–Kier alpha value is -2.72. The standard InChI is InChI=1S/C27H23AsF10O2/c1-16-9-17(2)11-22(10-16)40-21-8-4-7-20(13-21)28(15-23(39)25(31,32)33)14-18-5-3-6-19(12-18)24(29,30)26(34,35)27(36,37)38/h3-13,23,39H,14-15H2,1-2H3/t23-,28?/m0/s1. The van der Waals surface area contributed by atoms with Gasteiger partial charge in [0.15, 0.2) is 0 Å². The molecule has 0 aliphatic carbocycles. The molecule has 0 aromatic heterocycles. The van der Waals surface area contributed by atoms with Gasteiger partial charge in [0.25, 0.3) is 0 Å². The van der Waals surface area contributed by atoms with Gasteiger partial charge in [0, 0.05) is 0 Å². The predicted octanol–water partition coefficient (Wildman–Crippen LogP) is 7.79. The summed E-state index contributed by atoms with van der Waals surface area (Å²) in [5.41, 5.74) is -0.0328. The average Bonchev–Trinajstić information content (AvgIpc) is 2.82. The molecule has 0 aliphatic heterocycles. The summed E-state index contributed by atoms with van der Waals surface area (Å²) in [7, 11) is 0. The van der Waals surface area contributed by atoms with Crippen LogP contribution in [0.3, 0.4) is 0 Å². The SMILES string of the molecule is Cc1cc(C)cc(Oc2cccc([As](Cc3cccc(C(F)(F)C(F)(F)C(F)(F)F)c3)C[C@H](O)C(F)(F)F)c2)c1. The summed E-state index contributed by atoms with van der Waals surface area (Å²) in [4.78, 5) is 0. The molecule has 0 spiro atoms. The van der Waals surface area contributed by atoms with Crippen LogP contribution in [-0.4, -0.2) is 44.1 Å². The Balaban J connectivity index is 1.98. The fourth-order valence-electron chi connectivity index (χ4n) is 3.89. The van der Waals surface area contributed by atoms with Crippen LogP contribution in [0.25, 0.3) is 0 Å². The number of alkyl halides is 10. The van der Waals surface area contributed by atoms with Gasteiger partial charge in [0.2, 0.25) is 0 Å². The van der Waals surface area contributed by atoms with E-state index in [-0.39, 0.29) is 16.5 Å². The van der Waals surface area contributed by atoms with Crippen molar-refractivity contribution in [2.45, 2.75) is 54.6 Å². The number of hydrogen-bond acceptors (Lipinski definition) is 2. The van der Waals surface area contributed by atoms with E-state index >= 15 is 0 Å². The molecule has 2 nitrogen and oxygen atoms in total. The molecule has 0 amide bonds. The molecular formula is C27H23AsF10O2. The molecule has 218 valence electrons. The third-order valence-electron chi connectivity index (χ3n) is 5.80. The molecule has 3 aromatic carbocycles. The first-order valence-corrected chi connectivity index (χ1v) is 15.2. The van der Waals surface area contributed by atoms with Crippen molar-refractivity contribution in [1.82, 2.24) is 0 Å². The van der Waals surface area contributed by atoms with Crippen molar-refractivity contribution in [2.75, 3.05) is 0 Å². The van der Waals surface area contributed by atoms with E-state index in [0.717, 1.165) is 23.3 Å². The van der Waals surface area contributed by atoms with Crippen molar-refractivity contribution in [1.29, 1.82) is 0 Å². The van der Waals surface area contributed by atoms with Gasteiger partial charge in [-0.15, -0.1) is 0 Å². The molecule has 0 aliphatic rings. The summed E-state index contributed by atoms with van der Waals surface area (Å²) in [6.07, 6.45) is -14.3. The van der Waals surface area contributed by atoms with Gasteiger partial charge in [-0.2, -0.15) is 0 Å². The number of hydrogen-bond donors (Lipinski definition) is 1. The molecule has 0 saturated heterocycles. The van der Waals surface area contributed by atoms with E-state index in [1.165, 1.54) is 24.3 Å². The van der Waals surface area contributed by atoms with E-state index in [1.807, 2.05) is 19.9 Å². The van der Waals surface area contributed by atoms with Gasteiger partial charge in [-0.25, -0.2) is 0 Å². The monoisotopic (exact) mass is 644 g/mol. The Morgan fingerprint density at radius 1 is 0.750 bits per heavy atom. The zero-order chi connectivity index (χ0) is 30.1. The van der Waals surface area contributed by atoms with Crippen molar-refractivity contribution in [3.63, 3.8) is 0 Å². The van der Waals surface area contributed by atoms with Crippen LogP contribution in [0.2, 0.25) is 5.21 Å². The van der Waals surface area contributed by atoms with Crippen LogP contribution in [0.5, 0.6) is 11.5 Å². The van der Waals surface area contributed by atoms with Crippen LogP contribution < -0.4 is 9.09 Å². The first-order valence-electron chi connectivity index (χ1n) is 11.6. The van der Waals surface area contributed by atoms with Crippen molar-refractivity contribution >= 4 is 19.0 Å². The van der Waals surface area contributed by atoms with E-state index in [1.54, 1.807) is 12.1 Å². The topological polar surface area (TPSA) is 29.5 Å². The van der Waals surface area contributed by atoms with Crippen molar-refractivity contribution in [2.24, 2.45) is 0 Å². The molecule has 1 unspecified atom stereocenters. The molecule has 3 rings (SSSR count). The zero-order valence-corrected chi connectivity index (χ0v) is 22.8. The van der Waals surface area contributed by atoms with E-state index in [0.29, 0.717) is 22.2 Å². The molecule has 1 N–H and O–H groups in total. The Morgan fingerprint density at radius 3 is 1.93 bits per heavy atom. The number of aliphatic hydroxyl groups is 1. The molecule has 0 radical (unpaired) electrons. The van der Waals surface area contributed by atoms with Gasteiger partial charge in [-0.05, 0) is 0 Å². The first kappa shape index (κ1) is 31.8. The second-order valence-corrected chi connectivity index (χ2v) is 14.0. The minimum atomic E-state index is -6.54. The van der Waals surface area contributed by atoms with Gasteiger partial charge in [-0.1, -0.05) is 0 Å². The van der Waals surface area contributed by atoms with E-state index in [9.17, 15) is 49.0 Å². The number of aryl methyl sites for hydroxylation is 2. The third-order valence-corrected chi connectivity index (χ3v) is 11.1. The van der Waals surface area contributed by atoms with Crippen LogP contribution >= 0.6 is 0 Å². The number of halogens is 10. The molecular weight excluding hydrogens is 621 g/mol. The van der Waals surface area contributed by atoms with Crippen LogP contribution in [0.4, 0.5) is 43.9 Å². The van der Waals surface area contributed by atoms with Crippen molar-refractivity contribution in [3.8, 4) is 11.5 Å². The normalized spacial score (nSPS) is 14.6. The summed E-state index contributed by atoms with van der Waals surface area (Å²) >= 11 is -3.08. The van der Waals surface area contributed by atoms with Crippen LogP contribution in [0, 0.1) is 13.8 Å². The van der Waals surface area contributed by atoms with E-state index < -0.39 is 55.7 Å². The minimum absolute atomic E-state index is 0.176. The molecule has 0 fully saturated rings. The summed E-state index contributed by atoms with van der Waals surface area (Å²) in [5.74, 6) is -11.3. The molecule has 0 saturated carbocycles. The van der Waals surface area contributed by atoms with Crippen molar-refractivity contribution < 1.29 is 53.7 Å². The van der Waals surface area contributed by atoms with Gasteiger partial charge >= 0.3 is 228 Å². The van der Waals surface area contributed by atoms with E-state index in [4.69, 9.17) is 4.74 Å². The third kappa shape index (κ3) is 7.31. The fraction of sp³-hybridized carbons (Fsp3) is 0.333. The quantitative estimate of drug-likeness (QED) is 0.191. The Kier molecular flexibility index (Phi) is 9.26. The fourth-order valence-corrected chi connectivity index (χ4v) is 8.91. The van der Waals surface area contributed by atoms with Crippen LogP contribution in [0.15, 0.2) is 66.7 Å². The molecule has 0 bridgehead atoms. The van der Waals surface area contributed by atoms with E-state index in [2.05, 4.69) is 0 Å². The number of aliphatic hydroxyl groups excluding tert-OH is 1. The Morgan fingerprint density at radius 2 is 1.35 bits per heavy atom. The average molecular weight is 644 g/mol. The molecule has 13 heteroatoms. The molecule has 40 heavy (non-hydrogen) atoms. The Labute approximate surface area is 227 Å². The molecule has 3 aromatic rings. The number of rotatable bonds is 9. The van der Waals surface area contributed by atoms with Gasteiger partial charge in [0.1, 0.15) is 0 Å². The number of ether oxygens (including phenoxy) is 1. The predicted molar refractivity (Wildman–Crippen MR) is 130 cm³/mol. The van der Waals surface area contributed by atoms with Gasteiger partial charge < -0.3 is 0 Å². The van der Waals surface area contributed by atoms with Crippen molar-refractivity contribution in [3.05, 3.63) is 89.0 Å². The van der Waals surface area contributed by atoms with Gasteiger partial charge in [-0.3, -0.25) is 0 Å². The summed E-state index contributed by atoms with van der Waals surface area (Å²) in [6, 6.07) is 14.1. The summed E-state index contributed by atoms with van der Waals surface area (Å²) in [5, 5.41) is 8.62. The maximum atomic E-state index is 14.3. The first-order chi connectivity index (χ1) is 18.3.